The van der Waals surface area contributed by atoms with E-state index in [1.807, 2.05) is 42.5 Å². The SMILES string of the molecule is CN(CCOc1cccc(CNC(=O)C2(c3ccccc3)CCC2)c1)C1CCOCC1. The van der Waals surface area contributed by atoms with Crippen LogP contribution >= 0.6 is 0 Å². The number of nitrogens with zero attached hydrogens (tertiary/aromatic N) is 1. The van der Waals surface area contributed by atoms with Crippen molar-refractivity contribution in [3.63, 3.8) is 0 Å². The number of hydrogen-bond acceptors (Lipinski definition) is 4. The maximum absolute atomic E-state index is 13.0. The molecule has 0 aromatic heterocycles. The van der Waals surface area contributed by atoms with Crippen LogP contribution in [0.4, 0.5) is 0 Å². The lowest BCUT2D eigenvalue weighted by Crippen LogP contribution is -2.48. The Balaban J connectivity index is 1.27. The first-order chi connectivity index (χ1) is 15.2. The Hall–Kier alpha value is -2.37. The second kappa shape index (κ2) is 10.3. The number of amides is 1. The first-order valence-corrected chi connectivity index (χ1v) is 11.5. The maximum Gasteiger partial charge on any atom is 0.230 e. The van der Waals surface area contributed by atoms with Crippen LogP contribution in [0.1, 0.15) is 43.2 Å². The largest absolute Gasteiger partial charge is 0.492 e. The number of rotatable bonds is 9. The van der Waals surface area contributed by atoms with Gasteiger partial charge < -0.3 is 14.8 Å². The second-order valence-corrected chi connectivity index (χ2v) is 8.80. The molecule has 1 amide bonds. The van der Waals surface area contributed by atoms with E-state index in [0.29, 0.717) is 19.2 Å². The molecule has 4 rings (SSSR count). The van der Waals surface area contributed by atoms with Gasteiger partial charge in [0.2, 0.25) is 5.91 Å². The van der Waals surface area contributed by atoms with Gasteiger partial charge in [-0.1, -0.05) is 48.9 Å². The summed E-state index contributed by atoms with van der Waals surface area (Å²) < 4.78 is 11.4. The molecule has 1 aliphatic carbocycles. The standard InChI is InChI=1S/C26H34N2O3/c1-28(23-11-16-30-17-12-23)15-18-31-24-10-5-7-21(19-24)20-27-25(29)26(13-6-14-26)22-8-3-2-4-9-22/h2-5,7-10,19,23H,6,11-18,20H2,1H3,(H,27,29). The number of carbonyl (C=O) groups excluding carboxylic acids is 1. The molecule has 2 aromatic rings. The Morgan fingerprint density at radius 2 is 1.90 bits per heavy atom. The van der Waals surface area contributed by atoms with E-state index >= 15 is 0 Å². The molecule has 1 heterocycles. The quantitative estimate of drug-likeness (QED) is 0.666. The monoisotopic (exact) mass is 422 g/mol. The summed E-state index contributed by atoms with van der Waals surface area (Å²) in [5.41, 5.74) is 1.83. The smallest absolute Gasteiger partial charge is 0.230 e. The lowest BCUT2D eigenvalue weighted by atomic mass is 9.64. The Bertz CT molecular complexity index is 845. The van der Waals surface area contributed by atoms with E-state index in [0.717, 1.165) is 68.7 Å². The van der Waals surface area contributed by atoms with Crippen LogP contribution in [-0.2, 0) is 21.5 Å². The predicted octanol–water partition coefficient (Wildman–Crippen LogP) is 3.91. The lowest BCUT2D eigenvalue weighted by Gasteiger charge is -2.40. The fraction of sp³-hybridized carbons (Fsp3) is 0.500. The summed E-state index contributed by atoms with van der Waals surface area (Å²) in [6.07, 6.45) is 5.14. The Morgan fingerprint density at radius 1 is 1.13 bits per heavy atom. The molecule has 0 radical (unpaired) electrons. The van der Waals surface area contributed by atoms with Gasteiger partial charge in [-0.05, 0) is 56.0 Å². The third-order valence-electron chi connectivity index (χ3n) is 6.85. The van der Waals surface area contributed by atoms with Gasteiger partial charge in [-0.25, -0.2) is 0 Å². The molecule has 2 aromatic carbocycles. The summed E-state index contributed by atoms with van der Waals surface area (Å²) in [5, 5.41) is 3.17. The van der Waals surface area contributed by atoms with E-state index in [9.17, 15) is 4.79 Å². The minimum absolute atomic E-state index is 0.134. The minimum Gasteiger partial charge on any atom is -0.492 e. The average molecular weight is 423 g/mol. The van der Waals surface area contributed by atoms with E-state index in [-0.39, 0.29) is 11.3 Å². The maximum atomic E-state index is 13.0. The highest BCUT2D eigenvalue weighted by Gasteiger charge is 2.45. The molecule has 1 saturated carbocycles. The van der Waals surface area contributed by atoms with Crippen LogP contribution in [0.2, 0.25) is 0 Å². The fourth-order valence-electron chi connectivity index (χ4n) is 4.65. The summed E-state index contributed by atoms with van der Waals surface area (Å²) in [7, 11) is 2.16. The summed E-state index contributed by atoms with van der Waals surface area (Å²) in [6.45, 7) is 3.78. The molecule has 5 heteroatoms. The van der Waals surface area contributed by atoms with Crippen LogP contribution in [-0.4, -0.2) is 50.3 Å². The van der Waals surface area contributed by atoms with Crippen LogP contribution in [0.15, 0.2) is 54.6 Å². The van der Waals surface area contributed by atoms with Gasteiger partial charge in [0.15, 0.2) is 0 Å². The van der Waals surface area contributed by atoms with Gasteiger partial charge in [0.1, 0.15) is 12.4 Å². The topological polar surface area (TPSA) is 50.8 Å². The molecule has 0 atom stereocenters. The number of benzene rings is 2. The highest BCUT2D eigenvalue weighted by molar-refractivity contribution is 5.89. The zero-order valence-corrected chi connectivity index (χ0v) is 18.5. The minimum atomic E-state index is -0.357. The van der Waals surface area contributed by atoms with E-state index in [2.05, 4.69) is 29.4 Å². The Kier molecular flexibility index (Phi) is 7.25. The van der Waals surface area contributed by atoms with Gasteiger partial charge in [0, 0.05) is 32.3 Å². The van der Waals surface area contributed by atoms with Crippen molar-refractivity contribution in [2.24, 2.45) is 0 Å². The molecule has 0 spiro atoms. The third kappa shape index (κ3) is 5.28. The van der Waals surface area contributed by atoms with Gasteiger partial charge in [-0.15, -0.1) is 0 Å². The van der Waals surface area contributed by atoms with Crippen molar-refractivity contribution in [1.82, 2.24) is 10.2 Å². The van der Waals surface area contributed by atoms with Crippen molar-refractivity contribution in [1.29, 1.82) is 0 Å². The summed E-state index contributed by atoms with van der Waals surface area (Å²) >= 11 is 0. The molecule has 1 aliphatic heterocycles. The molecular formula is C26H34N2O3. The molecule has 2 fully saturated rings. The van der Waals surface area contributed by atoms with Crippen LogP contribution in [0, 0.1) is 0 Å². The van der Waals surface area contributed by atoms with Gasteiger partial charge in [-0.2, -0.15) is 0 Å². The van der Waals surface area contributed by atoms with Crippen molar-refractivity contribution >= 4 is 5.91 Å². The Labute approximate surface area is 185 Å². The second-order valence-electron chi connectivity index (χ2n) is 8.80. The van der Waals surface area contributed by atoms with E-state index in [1.165, 1.54) is 0 Å². The highest BCUT2D eigenvalue weighted by atomic mass is 16.5. The van der Waals surface area contributed by atoms with Gasteiger partial charge in [-0.3, -0.25) is 9.69 Å². The van der Waals surface area contributed by atoms with E-state index in [4.69, 9.17) is 9.47 Å². The normalized spacial score (nSPS) is 18.4. The lowest BCUT2D eigenvalue weighted by molar-refractivity contribution is -0.130. The zero-order valence-electron chi connectivity index (χ0n) is 18.5. The first kappa shape index (κ1) is 21.8. The summed E-state index contributed by atoms with van der Waals surface area (Å²) in [4.78, 5) is 15.4. The summed E-state index contributed by atoms with van der Waals surface area (Å²) in [5.74, 6) is 0.989. The van der Waals surface area contributed by atoms with Crippen molar-refractivity contribution in [2.75, 3.05) is 33.4 Å². The zero-order chi connectivity index (χ0) is 21.5. The van der Waals surface area contributed by atoms with Crippen LogP contribution in [0.25, 0.3) is 0 Å². The third-order valence-corrected chi connectivity index (χ3v) is 6.85. The van der Waals surface area contributed by atoms with Crippen LogP contribution in [0.5, 0.6) is 5.75 Å². The van der Waals surface area contributed by atoms with Gasteiger partial charge in [0.25, 0.3) is 0 Å². The number of nitrogens with one attached hydrogen (secondary N) is 1. The molecular weight excluding hydrogens is 388 g/mol. The molecule has 0 bridgehead atoms. The van der Waals surface area contributed by atoms with Crippen LogP contribution < -0.4 is 10.1 Å². The molecule has 166 valence electrons. The molecule has 2 aliphatic rings. The summed E-state index contributed by atoms with van der Waals surface area (Å²) in [6, 6.07) is 18.8. The fourth-order valence-corrected chi connectivity index (χ4v) is 4.65. The van der Waals surface area contributed by atoms with E-state index in [1.54, 1.807) is 0 Å². The van der Waals surface area contributed by atoms with Gasteiger partial charge in [0.05, 0.1) is 5.41 Å². The number of likely N-dealkylation sites (N-methyl/N-ethyl adjacent to an activating group) is 1. The molecule has 0 unspecified atom stereocenters. The van der Waals surface area contributed by atoms with Crippen molar-refractivity contribution in [3.05, 3.63) is 65.7 Å². The first-order valence-electron chi connectivity index (χ1n) is 11.5. The molecule has 5 nitrogen and oxygen atoms in total. The van der Waals surface area contributed by atoms with Crippen molar-refractivity contribution in [2.45, 2.75) is 50.1 Å². The number of carbonyl (C=O) groups is 1. The van der Waals surface area contributed by atoms with Gasteiger partial charge >= 0.3 is 0 Å². The highest BCUT2D eigenvalue weighted by Crippen LogP contribution is 2.43. The number of ether oxygens (including phenoxy) is 2. The van der Waals surface area contributed by atoms with Crippen LogP contribution in [0.3, 0.4) is 0 Å². The Morgan fingerprint density at radius 3 is 2.61 bits per heavy atom. The molecule has 1 saturated heterocycles. The van der Waals surface area contributed by atoms with E-state index < -0.39 is 0 Å². The molecule has 31 heavy (non-hydrogen) atoms. The molecule has 1 N–H and O–H groups in total. The van der Waals surface area contributed by atoms with Crippen molar-refractivity contribution < 1.29 is 14.3 Å². The average Bonchev–Trinajstić information content (AvgIpc) is 2.78. The number of hydrogen-bond donors (Lipinski definition) is 1. The predicted molar refractivity (Wildman–Crippen MR) is 122 cm³/mol. The van der Waals surface area contributed by atoms with Crippen molar-refractivity contribution in [3.8, 4) is 5.75 Å².